The highest BCUT2D eigenvalue weighted by Crippen LogP contribution is 2.31. The fourth-order valence-corrected chi connectivity index (χ4v) is 2.24. The summed E-state index contributed by atoms with van der Waals surface area (Å²) in [6.45, 7) is 0. The van der Waals surface area contributed by atoms with Crippen LogP contribution in [0, 0.1) is 0 Å². The molecule has 0 atom stereocenters. The number of aromatic nitrogens is 2. The van der Waals surface area contributed by atoms with E-state index in [4.69, 9.17) is 16.3 Å². The maximum absolute atomic E-state index is 6.06. The topological polar surface area (TPSA) is 47.0 Å². The lowest BCUT2D eigenvalue weighted by molar-refractivity contribution is 0.417. The molecule has 0 bridgehead atoms. The van der Waals surface area contributed by atoms with Gasteiger partial charge in [-0.05, 0) is 12.1 Å². The number of para-hydroxylation sites is 2. The van der Waals surface area contributed by atoms with Crippen LogP contribution >= 0.6 is 11.6 Å². The molecule has 0 fully saturated rings. The van der Waals surface area contributed by atoms with Gasteiger partial charge in [-0.1, -0.05) is 48.0 Å². The fourth-order valence-electron chi connectivity index (χ4n) is 2.04. The number of nitrogens with zero attached hydrogens (tertiary/aromatic N) is 2. The van der Waals surface area contributed by atoms with Crippen molar-refractivity contribution < 1.29 is 4.74 Å². The summed E-state index contributed by atoms with van der Waals surface area (Å²) in [7, 11) is 1.63. The van der Waals surface area contributed by atoms with Crippen molar-refractivity contribution >= 4 is 33.9 Å². The van der Waals surface area contributed by atoms with E-state index in [0.717, 1.165) is 22.2 Å². The van der Waals surface area contributed by atoms with Gasteiger partial charge in [0.05, 0.1) is 12.8 Å². The standard InChI is InChI=1S/C15H12ClN3O/c1-20-13-9-5-4-8-12(13)17-15-11-7-3-2-6-10(11)14(16)18-19-15/h2-9H,1H3,(H,17,19). The first-order chi connectivity index (χ1) is 9.79. The molecule has 0 aliphatic carbocycles. The van der Waals surface area contributed by atoms with Gasteiger partial charge >= 0.3 is 0 Å². The molecule has 3 rings (SSSR count). The van der Waals surface area contributed by atoms with Crippen molar-refractivity contribution in [1.29, 1.82) is 0 Å². The van der Waals surface area contributed by atoms with Gasteiger partial charge in [0.1, 0.15) is 5.75 Å². The molecule has 20 heavy (non-hydrogen) atoms. The third-order valence-corrected chi connectivity index (χ3v) is 3.28. The Kier molecular flexibility index (Phi) is 3.39. The highest BCUT2D eigenvalue weighted by molar-refractivity contribution is 6.34. The zero-order chi connectivity index (χ0) is 13.9. The molecular weight excluding hydrogens is 274 g/mol. The van der Waals surface area contributed by atoms with Crippen LogP contribution in [0.5, 0.6) is 5.75 Å². The van der Waals surface area contributed by atoms with Gasteiger partial charge in [-0.3, -0.25) is 0 Å². The van der Waals surface area contributed by atoms with Crippen molar-refractivity contribution in [2.45, 2.75) is 0 Å². The molecule has 2 aromatic carbocycles. The van der Waals surface area contributed by atoms with Crippen molar-refractivity contribution in [2.75, 3.05) is 12.4 Å². The van der Waals surface area contributed by atoms with Crippen LogP contribution in [0.3, 0.4) is 0 Å². The quantitative estimate of drug-likeness (QED) is 0.789. The van der Waals surface area contributed by atoms with E-state index in [-0.39, 0.29) is 0 Å². The molecule has 0 aliphatic rings. The van der Waals surface area contributed by atoms with Crippen molar-refractivity contribution in [3.8, 4) is 5.75 Å². The van der Waals surface area contributed by atoms with Crippen LogP contribution in [-0.2, 0) is 0 Å². The summed E-state index contributed by atoms with van der Waals surface area (Å²) < 4.78 is 5.32. The third-order valence-electron chi connectivity index (χ3n) is 3.00. The van der Waals surface area contributed by atoms with E-state index in [1.54, 1.807) is 7.11 Å². The second-order valence-electron chi connectivity index (χ2n) is 4.21. The Balaban J connectivity index is 2.09. The molecular formula is C15H12ClN3O. The Bertz CT molecular complexity index is 761. The molecule has 0 unspecified atom stereocenters. The number of ether oxygens (including phenoxy) is 1. The second-order valence-corrected chi connectivity index (χ2v) is 4.57. The molecule has 0 radical (unpaired) electrons. The minimum absolute atomic E-state index is 0.395. The fraction of sp³-hybridized carbons (Fsp3) is 0.0667. The van der Waals surface area contributed by atoms with Gasteiger partial charge in [0.15, 0.2) is 11.0 Å². The third kappa shape index (κ3) is 2.26. The predicted octanol–water partition coefficient (Wildman–Crippen LogP) is 4.04. The summed E-state index contributed by atoms with van der Waals surface area (Å²) in [6.07, 6.45) is 0. The van der Waals surface area contributed by atoms with Crippen LogP contribution in [0.15, 0.2) is 48.5 Å². The number of anilines is 2. The molecule has 4 nitrogen and oxygen atoms in total. The van der Waals surface area contributed by atoms with E-state index >= 15 is 0 Å². The van der Waals surface area contributed by atoms with E-state index in [0.29, 0.717) is 11.0 Å². The average molecular weight is 286 g/mol. The summed E-state index contributed by atoms with van der Waals surface area (Å²) in [5, 5.41) is 13.5. The summed E-state index contributed by atoms with van der Waals surface area (Å²) in [5.74, 6) is 1.39. The average Bonchev–Trinajstić information content (AvgIpc) is 2.51. The molecule has 3 aromatic rings. The Morgan fingerprint density at radius 3 is 2.45 bits per heavy atom. The van der Waals surface area contributed by atoms with E-state index in [1.807, 2.05) is 48.5 Å². The summed E-state index contributed by atoms with van der Waals surface area (Å²) in [5.41, 5.74) is 0.830. The number of benzene rings is 2. The largest absolute Gasteiger partial charge is 0.495 e. The van der Waals surface area contributed by atoms with Crippen molar-refractivity contribution in [1.82, 2.24) is 10.2 Å². The molecule has 1 N–H and O–H groups in total. The Morgan fingerprint density at radius 2 is 1.65 bits per heavy atom. The Hall–Kier alpha value is -2.33. The normalized spacial score (nSPS) is 10.5. The molecule has 100 valence electrons. The minimum atomic E-state index is 0.395. The summed E-state index contributed by atoms with van der Waals surface area (Å²) in [6, 6.07) is 15.4. The SMILES string of the molecule is COc1ccccc1Nc1nnc(Cl)c2ccccc12. The monoisotopic (exact) mass is 285 g/mol. The number of rotatable bonds is 3. The predicted molar refractivity (Wildman–Crippen MR) is 80.8 cm³/mol. The van der Waals surface area contributed by atoms with Gasteiger partial charge in [0.2, 0.25) is 0 Å². The first kappa shape index (κ1) is 12.7. The number of methoxy groups -OCH3 is 1. The van der Waals surface area contributed by atoms with Gasteiger partial charge in [-0.25, -0.2) is 0 Å². The van der Waals surface area contributed by atoms with Crippen LogP contribution in [0.2, 0.25) is 5.15 Å². The Morgan fingerprint density at radius 1 is 0.950 bits per heavy atom. The maximum atomic E-state index is 6.06. The Labute approximate surface area is 121 Å². The van der Waals surface area contributed by atoms with E-state index in [9.17, 15) is 0 Å². The molecule has 0 aliphatic heterocycles. The van der Waals surface area contributed by atoms with Crippen LogP contribution in [-0.4, -0.2) is 17.3 Å². The van der Waals surface area contributed by atoms with Crippen molar-refractivity contribution in [2.24, 2.45) is 0 Å². The maximum Gasteiger partial charge on any atom is 0.161 e. The van der Waals surface area contributed by atoms with Gasteiger partial charge < -0.3 is 10.1 Å². The minimum Gasteiger partial charge on any atom is -0.495 e. The zero-order valence-electron chi connectivity index (χ0n) is 10.8. The summed E-state index contributed by atoms with van der Waals surface area (Å²) >= 11 is 6.06. The molecule has 0 spiro atoms. The van der Waals surface area contributed by atoms with Gasteiger partial charge in [0, 0.05) is 10.8 Å². The van der Waals surface area contributed by atoms with E-state index in [1.165, 1.54) is 0 Å². The number of hydrogen-bond acceptors (Lipinski definition) is 4. The van der Waals surface area contributed by atoms with Crippen molar-refractivity contribution in [3.05, 3.63) is 53.7 Å². The van der Waals surface area contributed by atoms with E-state index in [2.05, 4.69) is 15.5 Å². The number of halogens is 1. The van der Waals surface area contributed by atoms with Crippen LogP contribution in [0.4, 0.5) is 11.5 Å². The first-order valence-corrected chi connectivity index (χ1v) is 6.48. The highest BCUT2D eigenvalue weighted by Gasteiger charge is 2.09. The number of fused-ring (bicyclic) bond motifs is 1. The van der Waals surface area contributed by atoms with Gasteiger partial charge in [-0.2, -0.15) is 0 Å². The molecule has 1 aromatic heterocycles. The highest BCUT2D eigenvalue weighted by atomic mass is 35.5. The van der Waals surface area contributed by atoms with E-state index < -0.39 is 0 Å². The van der Waals surface area contributed by atoms with Crippen LogP contribution in [0.25, 0.3) is 10.8 Å². The first-order valence-electron chi connectivity index (χ1n) is 6.10. The number of nitrogens with one attached hydrogen (secondary N) is 1. The zero-order valence-corrected chi connectivity index (χ0v) is 11.6. The lowest BCUT2D eigenvalue weighted by Gasteiger charge is -2.11. The number of hydrogen-bond donors (Lipinski definition) is 1. The lowest BCUT2D eigenvalue weighted by Crippen LogP contribution is -1.99. The lowest BCUT2D eigenvalue weighted by atomic mass is 10.2. The smallest absolute Gasteiger partial charge is 0.161 e. The van der Waals surface area contributed by atoms with Gasteiger partial charge in [0.25, 0.3) is 0 Å². The molecule has 0 saturated heterocycles. The van der Waals surface area contributed by atoms with Gasteiger partial charge in [-0.15, -0.1) is 10.2 Å². The molecule has 0 saturated carbocycles. The molecule has 0 amide bonds. The van der Waals surface area contributed by atoms with Crippen LogP contribution < -0.4 is 10.1 Å². The van der Waals surface area contributed by atoms with Crippen LogP contribution in [0.1, 0.15) is 0 Å². The second kappa shape index (κ2) is 5.35. The van der Waals surface area contributed by atoms with Crippen molar-refractivity contribution in [3.63, 3.8) is 0 Å². The molecule has 1 heterocycles. The summed E-state index contributed by atoms with van der Waals surface area (Å²) in [4.78, 5) is 0. The molecule has 5 heteroatoms.